The lowest BCUT2D eigenvalue weighted by Gasteiger charge is -2.18. The highest BCUT2D eigenvalue weighted by Gasteiger charge is 2.16. The van der Waals surface area contributed by atoms with Crippen LogP contribution in [0.3, 0.4) is 0 Å². The standard InChI is InChI=1S/C43H27N3.C5H5N.C5H8.C4H7N.C4H6/c1-5-30(32-7-2-18-44-25-32)21-31(6-1)38-14-10-28-13-17-41-39(15-11-29-12-16-40(38)42(28)43(29)41)37-23-35(33-8-3-19-45-26-33)22-36(24-37)34-9-4-20-46-27-34;1-2-4-6-5-3-1;1-3-5-4-2;1-3-4-5-2;1-3-4-2/h1-27H;1-5H;3-5H,1H2,2H3;3-4H,1H2,2H3;3-4H,1-2H2/b;;5-4-;;. The minimum absolute atomic E-state index is 1.09. The largest absolute Gasteiger partial charge is 0.297 e. The van der Waals surface area contributed by atoms with Gasteiger partial charge in [0.2, 0.25) is 0 Å². The van der Waals surface area contributed by atoms with Gasteiger partial charge < -0.3 is 0 Å². The summed E-state index contributed by atoms with van der Waals surface area (Å²) in [5.74, 6) is 0. The van der Waals surface area contributed by atoms with Gasteiger partial charge in [0.15, 0.2) is 0 Å². The molecule has 6 aromatic carbocycles. The van der Waals surface area contributed by atoms with Crippen LogP contribution in [0.15, 0.2) is 263 Å². The molecule has 0 bridgehead atoms. The summed E-state index contributed by atoms with van der Waals surface area (Å²) in [5.41, 5.74) is 11.5. The lowest BCUT2D eigenvalue weighted by atomic mass is 9.86. The summed E-state index contributed by atoms with van der Waals surface area (Å²) in [4.78, 5) is 20.6. The molecule has 322 valence electrons. The van der Waals surface area contributed by atoms with Crippen molar-refractivity contribution in [2.24, 2.45) is 4.99 Å². The number of rotatable bonds is 8. The van der Waals surface area contributed by atoms with Crippen LogP contribution >= 0.6 is 0 Å². The third-order valence-corrected chi connectivity index (χ3v) is 10.4. The Morgan fingerprint density at radius 1 is 0.394 bits per heavy atom. The van der Waals surface area contributed by atoms with Crippen LogP contribution < -0.4 is 0 Å². The predicted molar refractivity (Wildman–Crippen MR) is 285 cm³/mol. The average Bonchev–Trinajstić information content (AvgIpc) is 3.40. The van der Waals surface area contributed by atoms with Gasteiger partial charge in [0, 0.05) is 79.5 Å². The van der Waals surface area contributed by atoms with Crippen molar-refractivity contribution in [2.45, 2.75) is 6.92 Å². The topological polar surface area (TPSA) is 63.9 Å². The van der Waals surface area contributed by atoms with E-state index in [-0.39, 0.29) is 0 Å². The first-order valence-corrected chi connectivity index (χ1v) is 21.6. The van der Waals surface area contributed by atoms with Crippen LogP contribution in [0.25, 0.3) is 88.0 Å². The van der Waals surface area contributed by atoms with Gasteiger partial charge in [-0.15, -0.1) is 0 Å². The first-order chi connectivity index (χ1) is 32.5. The normalized spacial score (nSPS) is 10.4. The van der Waals surface area contributed by atoms with Crippen molar-refractivity contribution >= 4 is 38.5 Å². The van der Waals surface area contributed by atoms with E-state index in [1.165, 1.54) is 54.6 Å². The predicted octanol–water partition coefficient (Wildman–Crippen LogP) is 16.2. The van der Waals surface area contributed by atoms with E-state index in [4.69, 9.17) is 0 Å². The van der Waals surface area contributed by atoms with Gasteiger partial charge >= 0.3 is 0 Å². The number of hydrogen-bond donors (Lipinski definition) is 0. The molecule has 0 radical (unpaired) electrons. The Kier molecular flexibility index (Phi) is 17.6. The van der Waals surface area contributed by atoms with E-state index >= 15 is 0 Å². The van der Waals surface area contributed by atoms with E-state index in [0.717, 1.165) is 33.4 Å². The molecule has 5 nitrogen and oxygen atoms in total. The van der Waals surface area contributed by atoms with Crippen LogP contribution in [0.4, 0.5) is 0 Å². The van der Waals surface area contributed by atoms with Gasteiger partial charge in [0.1, 0.15) is 0 Å². The zero-order chi connectivity index (χ0) is 46.4. The molecule has 0 aliphatic carbocycles. The summed E-state index contributed by atoms with van der Waals surface area (Å²) in [5, 5.41) is 7.60. The van der Waals surface area contributed by atoms with Crippen molar-refractivity contribution < 1.29 is 0 Å². The highest BCUT2D eigenvalue weighted by Crippen LogP contribution is 2.44. The Labute approximate surface area is 389 Å². The number of aliphatic imine (C=N–C) groups is 1. The van der Waals surface area contributed by atoms with Crippen molar-refractivity contribution in [1.82, 2.24) is 19.9 Å². The first-order valence-electron chi connectivity index (χ1n) is 21.6. The molecule has 0 amide bonds. The second-order valence-electron chi connectivity index (χ2n) is 14.7. The van der Waals surface area contributed by atoms with Gasteiger partial charge in [0.05, 0.1) is 0 Å². The monoisotopic (exact) mass is 855 g/mol. The Morgan fingerprint density at radius 3 is 1.21 bits per heavy atom. The second-order valence-corrected chi connectivity index (χ2v) is 14.7. The van der Waals surface area contributed by atoms with Crippen LogP contribution in [0, 0.1) is 0 Å². The summed E-state index contributed by atoms with van der Waals surface area (Å²) in [6.45, 7) is 15.5. The molecule has 0 saturated carbocycles. The molecule has 0 unspecified atom stereocenters. The Balaban J connectivity index is 0.000000302. The van der Waals surface area contributed by atoms with Gasteiger partial charge in [-0.25, -0.2) is 0 Å². The van der Waals surface area contributed by atoms with Gasteiger partial charge in [-0.3, -0.25) is 24.9 Å². The van der Waals surface area contributed by atoms with Crippen LogP contribution in [-0.2, 0) is 0 Å². The third kappa shape index (κ3) is 12.1. The lowest BCUT2D eigenvalue weighted by Crippen LogP contribution is -1.91. The van der Waals surface area contributed by atoms with Crippen LogP contribution in [0.2, 0.25) is 0 Å². The fourth-order valence-electron chi connectivity index (χ4n) is 7.44. The van der Waals surface area contributed by atoms with Crippen molar-refractivity contribution in [3.05, 3.63) is 258 Å². The maximum Gasteiger partial charge on any atom is 0.0346 e. The van der Waals surface area contributed by atoms with Crippen molar-refractivity contribution in [1.29, 1.82) is 0 Å². The number of benzene rings is 6. The minimum atomic E-state index is 1.09. The maximum absolute atomic E-state index is 4.41. The fraction of sp³-hybridized carbons (Fsp3) is 0.0328. The molecule has 66 heavy (non-hydrogen) atoms. The maximum atomic E-state index is 4.41. The molecule has 0 atom stereocenters. The van der Waals surface area contributed by atoms with Crippen LogP contribution in [0.5, 0.6) is 0 Å². The van der Waals surface area contributed by atoms with E-state index in [1.54, 1.807) is 50.0 Å². The van der Waals surface area contributed by atoms with Crippen molar-refractivity contribution in [2.75, 3.05) is 7.05 Å². The van der Waals surface area contributed by atoms with Crippen molar-refractivity contribution in [3.63, 3.8) is 0 Å². The van der Waals surface area contributed by atoms with Crippen molar-refractivity contribution in [3.8, 4) is 55.6 Å². The SMILES string of the molecule is C=C/C=C\C.C=CC=C.C=CC=NC.c1ccncc1.c1cncc(-c2cccc(-c3ccc4ccc5c(-c6cc(-c7cccnc7)cc(-c7cccnc7)c6)ccc6ccc3c4c65)c2)c1. The molecule has 10 aromatic rings. The number of allylic oxidation sites excluding steroid dienone is 6. The molecular formula is C61H53N5. The van der Waals surface area contributed by atoms with Crippen LogP contribution in [0.1, 0.15) is 6.92 Å². The Morgan fingerprint density at radius 2 is 0.833 bits per heavy atom. The molecule has 4 aromatic heterocycles. The van der Waals surface area contributed by atoms with Gasteiger partial charge in [-0.2, -0.15) is 0 Å². The minimum Gasteiger partial charge on any atom is -0.297 e. The zero-order valence-electron chi connectivity index (χ0n) is 37.6. The summed E-state index contributed by atoms with van der Waals surface area (Å²) in [7, 11) is 1.71. The lowest BCUT2D eigenvalue weighted by molar-refractivity contribution is 1.32. The van der Waals surface area contributed by atoms with Gasteiger partial charge in [0.25, 0.3) is 0 Å². The summed E-state index contributed by atoms with van der Waals surface area (Å²) in [6, 6.07) is 51.8. The van der Waals surface area contributed by atoms with Gasteiger partial charge in [-0.1, -0.05) is 154 Å². The number of hydrogen-bond acceptors (Lipinski definition) is 5. The number of pyridine rings is 4. The average molecular weight is 856 g/mol. The molecule has 10 rings (SSSR count). The van der Waals surface area contributed by atoms with E-state index < -0.39 is 0 Å². The van der Waals surface area contributed by atoms with Crippen LogP contribution in [-0.4, -0.2) is 33.2 Å². The first kappa shape index (κ1) is 46.8. The number of aromatic nitrogens is 4. The number of nitrogens with zero attached hydrogens (tertiary/aromatic N) is 5. The zero-order valence-corrected chi connectivity index (χ0v) is 37.6. The second kappa shape index (κ2) is 24.8. The van der Waals surface area contributed by atoms with Gasteiger partial charge in [-0.05, 0) is 133 Å². The highest BCUT2D eigenvalue weighted by atomic mass is 14.6. The van der Waals surface area contributed by atoms with E-state index in [0.29, 0.717) is 0 Å². The van der Waals surface area contributed by atoms with E-state index in [9.17, 15) is 0 Å². The molecule has 0 spiro atoms. The smallest absolute Gasteiger partial charge is 0.0346 e. The molecule has 0 saturated heterocycles. The molecule has 0 aliphatic heterocycles. The molecule has 0 fully saturated rings. The Hall–Kier alpha value is -8.67. The molecule has 0 N–H and O–H groups in total. The van der Waals surface area contributed by atoms with E-state index in [2.05, 4.69) is 160 Å². The fourth-order valence-corrected chi connectivity index (χ4v) is 7.44. The summed E-state index contributed by atoms with van der Waals surface area (Å²) < 4.78 is 0. The highest BCUT2D eigenvalue weighted by molar-refractivity contribution is 6.27. The Bertz CT molecular complexity index is 3050. The van der Waals surface area contributed by atoms with E-state index in [1.807, 2.05) is 92.7 Å². The summed E-state index contributed by atoms with van der Waals surface area (Å²) in [6.07, 6.45) is 26.9. The third-order valence-electron chi connectivity index (χ3n) is 10.4. The molecular weight excluding hydrogens is 803 g/mol. The molecule has 5 heteroatoms. The summed E-state index contributed by atoms with van der Waals surface area (Å²) >= 11 is 0. The molecule has 4 heterocycles. The quantitative estimate of drug-likeness (QED) is 0.0867. The molecule has 0 aliphatic rings.